The van der Waals surface area contributed by atoms with Gasteiger partial charge in [0.1, 0.15) is 5.75 Å². The van der Waals surface area contributed by atoms with Gasteiger partial charge in [-0.15, -0.1) is 0 Å². The van der Waals surface area contributed by atoms with Crippen LogP contribution in [0.3, 0.4) is 0 Å². The number of benzene rings is 1. The third kappa shape index (κ3) is 2.56. The van der Waals surface area contributed by atoms with Gasteiger partial charge in [0, 0.05) is 6.42 Å². The lowest BCUT2D eigenvalue weighted by Crippen LogP contribution is -2.43. The second-order valence-electron chi connectivity index (χ2n) is 8.30. The van der Waals surface area contributed by atoms with Crippen molar-refractivity contribution in [3.05, 3.63) is 29.3 Å². The molecule has 1 N–H and O–H groups in total. The van der Waals surface area contributed by atoms with Gasteiger partial charge in [-0.1, -0.05) is 13.0 Å². The lowest BCUT2D eigenvalue weighted by atomic mass is 9.55. The highest BCUT2D eigenvalue weighted by Crippen LogP contribution is 2.60. The van der Waals surface area contributed by atoms with Crippen molar-refractivity contribution >= 4 is 0 Å². The number of hydrogen-bond donors (Lipinski definition) is 1. The Morgan fingerprint density at radius 2 is 2.12 bits per heavy atom. The topological polar surface area (TPSA) is 29.5 Å². The summed E-state index contributed by atoms with van der Waals surface area (Å²) in [5.74, 6) is 2.95. The van der Waals surface area contributed by atoms with E-state index >= 15 is 0 Å². The first-order chi connectivity index (χ1) is 11.6. The van der Waals surface area contributed by atoms with Crippen LogP contribution in [0, 0.1) is 17.3 Å². The molecule has 1 aromatic rings. The monoisotopic (exact) mass is 332 g/mol. The zero-order valence-corrected chi connectivity index (χ0v) is 14.6. The minimum absolute atomic E-state index is 0.101. The van der Waals surface area contributed by atoms with Gasteiger partial charge in [-0.2, -0.15) is 0 Å². The average Bonchev–Trinajstić information content (AvgIpc) is 2.90. The molecule has 3 aliphatic carbocycles. The van der Waals surface area contributed by atoms with Gasteiger partial charge in [0.05, 0.1) is 19.4 Å². The zero-order valence-electron chi connectivity index (χ0n) is 14.6. The van der Waals surface area contributed by atoms with Crippen molar-refractivity contribution in [2.75, 3.05) is 13.3 Å². The standard InChI is InChI=1S/C21H29FO2/c1-21-10-9-17-16-6-4-15(24-12-2-11-22)13-14(16)3-5-18(17)19(21)7-8-20(21)23/h4,6,13,17-20,23H,2-3,5,7-12H2,1H3/t17-,18-,19+,20+,21+/m1/s1. The van der Waals surface area contributed by atoms with Gasteiger partial charge in [0.2, 0.25) is 0 Å². The van der Waals surface area contributed by atoms with Gasteiger partial charge < -0.3 is 9.84 Å². The number of aliphatic hydroxyl groups excluding tert-OH is 1. The molecule has 2 fully saturated rings. The highest BCUT2D eigenvalue weighted by Gasteiger charge is 2.54. The van der Waals surface area contributed by atoms with Crippen LogP contribution >= 0.6 is 0 Å². The average molecular weight is 332 g/mol. The van der Waals surface area contributed by atoms with Crippen LogP contribution in [-0.4, -0.2) is 24.5 Å². The molecule has 1 aromatic carbocycles. The summed E-state index contributed by atoms with van der Waals surface area (Å²) in [4.78, 5) is 0. The maximum Gasteiger partial charge on any atom is 0.119 e. The number of rotatable bonds is 4. The van der Waals surface area contributed by atoms with Crippen LogP contribution in [0.1, 0.15) is 62.5 Å². The van der Waals surface area contributed by atoms with Crippen molar-refractivity contribution in [2.24, 2.45) is 17.3 Å². The summed E-state index contributed by atoms with van der Waals surface area (Å²) < 4.78 is 17.9. The van der Waals surface area contributed by atoms with Crippen LogP contribution in [0.25, 0.3) is 0 Å². The van der Waals surface area contributed by atoms with Crippen molar-refractivity contribution in [3.8, 4) is 5.75 Å². The molecule has 0 spiro atoms. The number of halogens is 1. The fraction of sp³-hybridized carbons (Fsp3) is 0.714. The van der Waals surface area contributed by atoms with Gasteiger partial charge >= 0.3 is 0 Å². The number of aliphatic hydroxyl groups is 1. The smallest absolute Gasteiger partial charge is 0.119 e. The van der Waals surface area contributed by atoms with Crippen molar-refractivity contribution in [2.45, 2.75) is 63.9 Å². The Morgan fingerprint density at radius 1 is 1.25 bits per heavy atom. The fourth-order valence-corrected chi connectivity index (χ4v) is 5.87. The third-order valence-electron chi connectivity index (χ3n) is 7.19. The highest BCUT2D eigenvalue weighted by molar-refractivity contribution is 5.40. The Balaban J connectivity index is 1.55. The quantitative estimate of drug-likeness (QED) is 0.814. The summed E-state index contributed by atoms with van der Waals surface area (Å²) in [5.41, 5.74) is 3.08. The Labute approximate surface area is 144 Å². The van der Waals surface area contributed by atoms with Crippen LogP contribution in [0.15, 0.2) is 18.2 Å². The number of hydrogen-bond acceptors (Lipinski definition) is 2. The molecule has 0 bridgehead atoms. The lowest BCUT2D eigenvalue weighted by Gasteiger charge is -2.50. The molecule has 5 atom stereocenters. The number of aryl methyl sites for hydroxylation is 1. The maximum atomic E-state index is 12.2. The second kappa shape index (κ2) is 6.33. The first kappa shape index (κ1) is 16.4. The molecule has 0 aliphatic heterocycles. The number of ether oxygens (including phenoxy) is 1. The van der Waals surface area contributed by atoms with Crippen LogP contribution in [0.2, 0.25) is 0 Å². The molecular formula is C21H29FO2. The maximum absolute atomic E-state index is 12.2. The fourth-order valence-electron chi connectivity index (χ4n) is 5.87. The summed E-state index contributed by atoms with van der Waals surface area (Å²) in [7, 11) is 0. The van der Waals surface area contributed by atoms with Crippen molar-refractivity contribution in [1.82, 2.24) is 0 Å². The van der Waals surface area contributed by atoms with Crippen molar-refractivity contribution in [1.29, 1.82) is 0 Å². The van der Waals surface area contributed by atoms with Gasteiger partial charge in [-0.3, -0.25) is 4.39 Å². The molecule has 3 heteroatoms. The van der Waals surface area contributed by atoms with Crippen LogP contribution < -0.4 is 4.74 Å². The van der Waals surface area contributed by atoms with Gasteiger partial charge in [-0.25, -0.2) is 0 Å². The Hall–Kier alpha value is -1.09. The van der Waals surface area contributed by atoms with Gasteiger partial charge in [0.15, 0.2) is 0 Å². The summed E-state index contributed by atoms with van der Waals surface area (Å²) in [5, 5.41) is 10.5. The van der Waals surface area contributed by atoms with E-state index in [0.717, 1.165) is 30.9 Å². The third-order valence-corrected chi connectivity index (χ3v) is 7.19. The lowest BCUT2D eigenvalue weighted by molar-refractivity contribution is -0.0226. The van der Waals surface area contributed by atoms with Crippen LogP contribution in [0.4, 0.5) is 4.39 Å². The molecule has 0 aromatic heterocycles. The molecule has 0 radical (unpaired) electrons. The molecule has 4 rings (SSSR count). The minimum atomic E-state index is -0.319. The summed E-state index contributed by atoms with van der Waals surface area (Å²) >= 11 is 0. The van der Waals surface area contributed by atoms with E-state index in [4.69, 9.17) is 4.74 Å². The first-order valence-electron chi connectivity index (χ1n) is 9.63. The zero-order chi connectivity index (χ0) is 16.7. The van der Waals surface area contributed by atoms with Crippen LogP contribution in [0.5, 0.6) is 5.75 Å². The minimum Gasteiger partial charge on any atom is -0.493 e. The molecule has 0 amide bonds. The first-order valence-corrected chi connectivity index (χ1v) is 9.63. The van der Waals surface area contributed by atoms with E-state index in [1.54, 1.807) is 0 Å². The summed E-state index contributed by atoms with van der Waals surface area (Å²) in [6.45, 7) is 2.46. The summed E-state index contributed by atoms with van der Waals surface area (Å²) in [6.07, 6.45) is 7.23. The second-order valence-corrected chi connectivity index (χ2v) is 8.30. The van der Waals surface area contributed by atoms with E-state index in [9.17, 15) is 9.50 Å². The molecule has 132 valence electrons. The number of alkyl halides is 1. The van der Waals surface area contributed by atoms with E-state index < -0.39 is 0 Å². The highest BCUT2D eigenvalue weighted by atomic mass is 19.1. The Morgan fingerprint density at radius 3 is 2.96 bits per heavy atom. The van der Waals surface area contributed by atoms with Gasteiger partial charge in [-0.05, 0) is 85.0 Å². The normalized spacial score (nSPS) is 37.5. The Bertz CT molecular complexity index is 602. The molecule has 0 saturated heterocycles. The van der Waals surface area contributed by atoms with Gasteiger partial charge in [0.25, 0.3) is 0 Å². The van der Waals surface area contributed by atoms with Crippen molar-refractivity contribution < 1.29 is 14.2 Å². The molecule has 0 unspecified atom stereocenters. The van der Waals surface area contributed by atoms with E-state index in [1.807, 2.05) is 0 Å². The summed E-state index contributed by atoms with van der Waals surface area (Å²) in [6, 6.07) is 6.50. The number of fused-ring (bicyclic) bond motifs is 5. The van der Waals surface area contributed by atoms with E-state index in [0.29, 0.717) is 24.9 Å². The molecule has 0 heterocycles. The largest absolute Gasteiger partial charge is 0.493 e. The molecule has 2 nitrogen and oxygen atoms in total. The van der Waals surface area contributed by atoms with Crippen molar-refractivity contribution in [3.63, 3.8) is 0 Å². The predicted molar refractivity (Wildman–Crippen MR) is 93.2 cm³/mol. The van der Waals surface area contributed by atoms with Crippen LogP contribution in [-0.2, 0) is 6.42 Å². The molecular weight excluding hydrogens is 303 g/mol. The van der Waals surface area contributed by atoms with E-state index in [1.165, 1.54) is 30.4 Å². The van der Waals surface area contributed by atoms with E-state index in [-0.39, 0.29) is 18.2 Å². The molecule has 24 heavy (non-hydrogen) atoms. The van der Waals surface area contributed by atoms with E-state index in [2.05, 4.69) is 25.1 Å². The molecule has 2 saturated carbocycles. The SMILES string of the molecule is C[C@]12CC[C@@H]3c4ccc(OCCCF)cc4CC[C@H]3[C@@H]1CC[C@@H]2O. The predicted octanol–water partition coefficient (Wildman–Crippen LogP) is 4.64. The molecule has 3 aliphatic rings. The Kier molecular flexibility index (Phi) is 4.32.